The number of hydrogen-bond donors (Lipinski definition) is 1. The summed E-state index contributed by atoms with van der Waals surface area (Å²) >= 11 is 6.24. The molecule has 0 saturated heterocycles. The van der Waals surface area contributed by atoms with Gasteiger partial charge >= 0.3 is 0 Å². The van der Waals surface area contributed by atoms with Crippen LogP contribution in [0.3, 0.4) is 0 Å². The first kappa shape index (κ1) is 13.8. The van der Waals surface area contributed by atoms with E-state index in [-0.39, 0.29) is 5.82 Å². The molecule has 2 rings (SSSR count). The van der Waals surface area contributed by atoms with Crippen molar-refractivity contribution in [3.05, 3.63) is 64.4 Å². The summed E-state index contributed by atoms with van der Waals surface area (Å²) in [5.74, 6) is -0.230. The quantitative estimate of drug-likeness (QED) is 0.926. The Kier molecular flexibility index (Phi) is 4.40. The topological polar surface area (TPSA) is 29.3 Å². The number of nitrogens with zero attached hydrogens (tertiary/aromatic N) is 1. The molecular weight excluding hydrogens is 263 g/mol. The number of benzene rings is 2. The highest BCUT2D eigenvalue weighted by atomic mass is 35.5. The van der Waals surface area contributed by atoms with Gasteiger partial charge in [0.05, 0.1) is 10.7 Å². The van der Waals surface area contributed by atoms with Crippen LogP contribution in [0.15, 0.2) is 42.5 Å². The van der Waals surface area contributed by atoms with Gasteiger partial charge in [0.1, 0.15) is 5.82 Å². The minimum atomic E-state index is -0.230. The van der Waals surface area contributed by atoms with Gasteiger partial charge in [-0.05, 0) is 29.3 Å². The summed E-state index contributed by atoms with van der Waals surface area (Å²) in [5, 5.41) is 0.674. The summed E-state index contributed by atoms with van der Waals surface area (Å²) < 4.78 is 12.9. The normalized spacial score (nSPS) is 10.5. The lowest BCUT2D eigenvalue weighted by atomic mass is 10.1. The largest absolute Gasteiger partial charge is 0.369 e. The number of anilines is 1. The Morgan fingerprint density at radius 2 is 1.84 bits per heavy atom. The number of halogens is 2. The molecule has 0 aliphatic carbocycles. The molecule has 2 nitrogen and oxygen atoms in total. The standard InChI is InChI=1S/C15H16ClFN2/c1-19(10-11-5-7-13(17)8-6-11)15-12(9-18)3-2-4-14(15)16/h2-8H,9-10,18H2,1H3. The van der Waals surface area contributed by atoms with Crippen molar-refractivity contribution < 1.29 is 4.39 Å². The highest BCUT2D eigenvalue weighted by Crippen LogP contribution is 2.29. The van der Waals surface area contributed by atoms with Gasteiger partial charge in [-0.25, -0.2) is 4.39 Å². The van der Waals surface area contributed by atoms with Crippen molar-refractivity contribution in [1.29, 1.82) is 0 Å². The van der Waals surface area contributed by atoms with Gasteiger partial charge in [0.2, 0.25) is 0 Å². The summed E-state index contributed by atoms with van der Waals surface area (Å²) in [6, 6.07) is 12.1. The molecule has 19 heavy (non-hydrogen) atoms. The molecule has 0 radical (unpaired) electrons. The molecule has 0 aromatic heterocycles. The Hall–Kier alpha value is -1.58. The fraction of sp³-hybridized carbons (Fsp3) is 0.200. The molecule has 0 saturated carbocycles. The Morgan fingerprint density at radius 1 is 1.16 bits per heavy atom. The molecular formula is C15H16ClFN2. The van der Waals surface area contributed by atoms with E-state index in [1.165, 1.54) is 12.1 Å². The van der Waals surface area contributed by atoms with Crippen molar-refractivity contribution in [2.24, 2.45) is 5.73 Å². The number of nitrogens with two attached hydrogens (primary N) is 1. The van der Waals surface area contributed by atoms with Gasteiger partial charge in [-0.3, -0.25) is 0 Å². The van der Waals surface area contributed by atoms with Crippen LogP contribution >= 0.6 is 11.6 Å². The van der Waals surface area contributed by atoms with Crippen molar-refractivity contribution in [1.82, 2.24) is 0 Å². The molecule has 0 spiro atoms. The van der Waals surface area contributed by atoms with E-state index >= 15 is 0 Å². The number of rotatable bonds is 4. The molecule has 0 fully saturated rings. The van der Waals surface area contributed by atoms with E-state index in [2.05, 4.69) is 0 Å². The maximum atomic E-state index is 12.9. The molecule has 100 valence electrons. The van der Waals surface area contributed by atoms with E-state index in [0.717, 1.165) is 16.8 Å². The molecule has 2 N–H and O–H groups in total. The highest BCUT2D eigenvalue weighted by molar-refractivity contribution is 6.33. The van der Waals surface area contributed by atoms with Gasteiger partial charge in [-0.2, -0.15) is 0 Å². The summed E-state index contributed by atoms with van der Waals surface area (Å²) in [6.45, 7) is 1.08. The van der Waals surface area contributed by atoms with E-state index in [0.29, 0.717) is 18.1 Å². The molecule has 2 aromatic carbocycles. The summed E-state index contributed by atoms with van der Waals surface area (Å²) in [6.07, 6.45) is 0. The maximum Gasteiger partial charge on any atom is 0.123 e. The van der Waals surface area contributed by atoms with Crippen LogP contribution in [-0.4, -0.2) is 7.05 Å². The third-order valence-corrected chi connectivity index (χ3v) is 3.31. The van der Waals surface area contributed by atoms with Crippen LogP contribution in [0.4, 0.5) is 10.1 Å². The van der Waals surface area contributed by atoms with E-state index in [1.807, 2.05) is 30.1 Å². The first-order chi connectivity index (χ1) is 9.11. The Bertz CT molecular complexity index is 555. The molecule has 0 aliphatic rings. The van der Waals surface area contributed by atoms with Gasteiger partial charge in [-0.15, -0.1) is 0 Å². The van der Waals surface area contributed by atoms with Crippen LogP contribution in [0.2, 0.25) is 5.02 Å². The zero-order valence-electron chi connectivity index (χ0n) is 10.7. The van der Waals surface area contributed by atoms with E-state index in [9.17, 15) is 4.39 Å². The fourth-order valence-electron chi connectivity index (χ4n) is 2.09. The molecule has 0 atom stereocenters. The third-order valence-electron chi connectivity index (χ3n) is 3.00. The predicted molar refractivity (Wildman–Crippen MR) is 77.9 cm³/mol. The molecule has 0 amide bonds. The van der Waals surface area contributed by atoms with Crippen LogP contribution < -0.4 is 10.6 Å². The van der Waals surface area contributed by atoms with Crippen LogP contribution in [-0.2, 0) is 13.1 Å². The minimum Gasteiger partial charge on any atom is -0.369 e. The smallest absolute Gasteiger partial charge is 0.123 e. The molecule has 0 aliphatic heterocycles. The average molecular weight is 279 g/mol. The minimum absolute atomic E-state index is 0.230. The first-order valence-electron chi connectivity index (χ1n) is 6.05. The number of para-hydroxylation sites is 1. The SMILES string of the molecule is CN(Cc1ccc(F)cc1)c1c(Cl)cccc1CN. The molecule has 0 bridgehead atoms. The Labute approximate surface area is 117 Å². The molecule has 0 heterocycles. The van der Waals surface area contributed by atoms with Gasteiger partial charge in [0.25, 0.3) is 0 Å². The van der Waals surface area contributed by atoms with Gasteiger partial charge in [0.15, 0.2) is 0 Å². The van der Waals surface area contributed by atoms with Crippen LogP contribution in [0.25, 0.3) is 0 Å². The van der Waals surface area contributed by atoms with Gasteiger partial charge < -0.3 is 10.6 Å². The van der Waals surface area contributed by atoms with E-state index < -0.39 is 0 Å². The highest BCUT2D eigenvalue weighted by Gasteiger charge is 2.11. The second-order valence-electron chi connectivity index (χ2n) is 4.43. The second-order valence-corrected chi connectivity index (χ2v) is 4.84. The van der Waals surface area contributed by atoms with Gasteiger partial charge in [-0.1, -0.05) is 35.9 Å². The fourth-order valence-corrected chi connectivity index (χ4v) is 2.43. The van der Waals surface area contributed by atoms with Crippen molar-refractivity contribution in [2.75, 3.05) is 11.9 Å². The van der Waals surface area contributed by atoms with Crippen molar-refractivity contribution >= 4 is 17.3 Å². The number of hydrogen-bond acceptors (Lipinski definition) is 2. The van der Waals surface area contributed by atoms with Crippen molar-refractivity contribution in [2.45, 2.75) is 13.1 Å². The van der Waals surface area contributed by atoms with Crippen LogP contribution in [0.1, 0.15) is 11.1 Å². The zero-order chi connectivity index (χ0) is 13.8. The van der Waals surface area contributed by atoms with E-state index in [4.69, 9.17) is 17.3 Å². The van der Waals surface area contributed by atoms with Crippen LogP contribution in [0.5, 0.6) is 0 Å². The first-order valence-corrected chi connectivity index (χ1v) is 6.42. The lowest BCUT2D eigenvalue weighted by Crippen LogP contribution is -2.19. The Morgan fingerprint density at radius 3 is 2.47 bits per heavy atom. The average Bonchev–Trinajstić information content (AvgIpc) is 2.40. The third kappa shape index (κ3) is 3.25. The predicted octanol–water partition coefficient (Wildman–Crippen LogP) is 3.57. The summed E-state index contributed by atoms with van der Waals surface area (Å²) in [5.41, 5.74) is 8.68. The van der Waals surface area contributed by atoms with Crippen molar-refractivity contribution in [3.8, 4) is 0 Å². The zero-order valence-corrected chi connectivity index (χ0v) is 11.5. The lowest BCUT2D eigenvalue weighted by molar-refractivity contribution is 0.627. The van der Waals surface area contributed by atoms with Crippen LogP contribution in [0, 0.1) is 5.82 Å². The summed E-state index contributed by atoms with van der Waals surface area (Å²) in [4.78, 5) is 2.03. The molecule has 4 heteroatoms. The van der Waals surface area contributed by atoms with Gasteiger partial charge in [0, 0.05) is 20.1 Å². The Balaban J connectivity index is 2.24. The van der Waals surface area contributed by atoms with E-state index in [1.54, 1.807) is 12.1 Å². The molecule has 0 unspecified atom stereocenters. The summed E-state index contributed by atoms with van der Waals surface area (Å²) in [7, 11) is 1.95. The lowest BCUT2D eigenvalue weighted by Gasteiger charge is -2.23. The molecule has 2 aromatic rings. The maximum absolute atomic E-state index is 12.9. The van der Waals surface area contributed by atoms with Crippen molar-refractivity contribution in [3.63, 3.8) is 0 Å². The monoisotopic (exact) mass is 278 g/mol. The second kappa shape index (κ2) is 6.04.